The third-order valence-corrected chi connectivity index (χ3v) is 3.25. The maximum absolute atomic E-state index is 12.0. The number of β-amino-alcohol motifs (C(OH)–C–C–N with tert-alkyl or cyclic N) is 1. The predicted molar refractivity (Wildman–Crippen MR) is 72.0 cm³/mol. The number of carbonyl (C=O) groups excluding carboxylic acids is 1. The molecule has 1 N–H and O–H groups in total. The van der Waals surface area contributed by atoms with E-state index in [0.717, 1.165) is 18.8 Å². The molecule has 2 rings (SSSR count). The molecule has 0 aliphatic carbocycles. The molecule has 1 saturated heterocycles. The average Bonchev–Trinajstić information content (AvgIpc) is 2.47. The summed E-state index contributed by atoms with van der Waals surface area (Å²) >= 11 is 0. The van der Waals surface area contributed by atoms with Crippen molar-refractivity contribution >= 4 is 5.91 Å². The number of para-hydroxylation sites is 1. The van der Waals surface area contributed by atoms with Crippen molar-refractivity contribution in [3.05, 3.63) is 30.3 Å². The first kappa shape index (κ1) is 13.8. The second-order valence-corrected chi connectivity index (χ2v) is 4.55. The highest BCUT2D eigenvalue weighted by molar-refractivity contribution is 5.77. The first-order chi connectivity index (χ1) is 9.29. The van der Waals surface area contributed by atoms with E-state index < -0.39 is 0 Å². The fourth-order valence-corrected chi connectivity index (χ4v) is 2.12. The molecule has 0 atom stereocenters. The largest absolute Gasteiger partial charge is 0.484 e. The molecule has 1 aromatic carbocycles. The van der Waals surface area contributed by atoms with E-state index in [4.69, 9.17) is 9.84 Å². The van der Waals surface area contributed by atoms with Crippen molar-refractivity contribution in [1.82, 2.24) is 9.80 Å². The SMILES string of the molecule is O=C(COc1ccccc1)N1CCN(CCO)CC1. The number of aliphatic hydroxyl groups is 1. The minimum Gasteiger partial charge on any atom is -0.484 e. The Bertz CT molecular complexity index is 389. The zero-order chi connectivity index (χ0) is 13.5. The number of ether oxygens (including phenoxy) is 1. The molecule has 1 aliphatic rings. The van der Waals surface area contributed by atoms with Crippen LogP contribution in [0.15, 0.2) is 30.3 Å². The van der Waals surface area contributed by atoms with E-state index >= 15 is 0 Å². The van der Waals surface area contributed by atoms with Gasteiger partial charge in [0.15, 0.2) is 6.61 Å². The summed E-state index contributed by atoms with van der Waals surface area (Å²) < 4.78 is 5.45. The van der Waals surface area contributed by atoms with Crippen LogP contribution >= 0.6 is 0 Å². The highest BCUT2D eigenvalue weighted by Gasteiger charge is 2.20. The van der Waals surface area contributed by atoms with Gasteiger partial charge in [-0.15, -0.1) is 0 Å². The van der Waals surface area contributed by atoms with Gasteiger partial charge in [-0.1, -0.05) is 18.2 Å². The van der Waals surface area contributed by atoms with Crippen molar-refractivity contribution in [2.24, 2.45) is 0 Å². The van der Waals surface area contributed by atoms with Crippen LogP contribution in [0.5, 0.6) is 5.75 Å². The number of hydrogen-bond acceptors (Lipinski definition) is 4. The van der Waals surface area contributed by atoms with Crippen LogP contribution in [0.3, 0.4) is 0 Å². The fraction of sp³-hybridized carbons (Fsp3) is 0.500. The Balaban J connectivity index is 1.73. The number of amides is 1. The lowest BCUT2D eigenvalue weighted by molar-refractivity contribution is -0.135. The van der Waals surface area contributed by atoms with E-state index in [0.29, 0.717) is 19.6 Å². The molecule has 0 radical (unpaired) electrons. The zero-order valence-corrected chi connectivity index (χ0v) is 11.0. The summed E-state index contributed by atoms with van der Waals surface area (Å²) in [6.45, 7) is 3.99. The lowest BCUT2D eigenvalue weighted by atomic mass is 10.3. The number of nitrogens with zero attached hydrogens (tertiary/aromatic N) is 2. The van der Waals surface area contributed by atoms with E-state index in [1.54, 1.807) is 0 Å². The maximum Gasteiger partial charge on any atom is 0.260 e. The van der Waals surface area contributed by atoms with Gasteiger partial charge in [0.1, 0.15) is 5.75 Å². The number of carbonyl (C=O) groups is 1. The Morgan fingerprint density at radius 2 is 1.84 bits per heavy atom. The molecule has 0 unspecified atom stereocenters. The van der Waals surface area contributed by atoms with Crippen LogP contribution in [-0.4, -0.2) is 66.8 Å². The summed E-state index contributed by atoms with van der Waals surface area (Å²) in [5.41, 5.74) is 0. The van der Waals surface area contributed by atoms with E-state index in [9.17, 15) is 4.79 Å². The summed E-state index contributed by atoms with van der Waals surface area (Å²) in [6, 6.07) is 9.36. The normalized spacial score (nSPS) is 16.4. The topological polar surface area (TPSA) is 53.0 Å². The standard InChI is InChI=1S/C14H20N2O3/c17-11-10-15-6-8-16(9-7-15)14(18)12-19-13-4-2-1-3-5-13/h1-5,17H,6-12H2. The van der Waals surface area contributed by atoms with Gasteiger partial charge in [0.2, 0.25) is 0 Å². The van der Waals surface area contributed by atoms with Crippen molar-refractivity contribution in [3.8, 4) is 5.75 Å². The number of piperazine rings is 1. The second-order valence-electron chi connectivity index (χ2n) is 4.55. The highest BCUT2D eigenvalue weighted by Crippen LogP contribution is 2.09. The van der Waals surface area contributed by atoms with Gasteiger partial charge in [0.25, 0.3) is 5.91 Å². The molecule has 0 saturated carbocycles. The molecule has 1 heterocycles. The number of benzene rings is 1. The molecule has 1 fully saturated rings. The zero-order valence-electron chi connectivity index (χ0n) is 11.0. The quantitative estimate of drug-likeness (QED) is 0.825. The molecule has 0 bridgehead atoms. The Morgan fingerprint density at radius 1 is 1.16 bits per heavy atom. The van der Waals surface area contributed by atoms with Crippen LogP contribution in [0.4, 0.5) is 0 Å². The van der Waals surface area contributed by atoms with E-state index in [-0.39, 0.29) is 19.1 Å². The molecule has 0 aromatic heterocycles. The van der Waals surface area contributed by atoms with Gasteiger partial charge >= 0.3 is 0 Å². The smallest absolute Gasteiger partial charge is 0.260 e. The molecular weight excluding hydrogens is 244 g/mol. The molecule has 1 amide bonds. The Labute approximate surface area is 113 Å². The monoisotopic (exact) mass is 264 g/mol. The van der Waals surface area contributed by atoms with Crippen LogP contribution in [0.2, 0.25) is 0 Å². The number of rotatable bonds is 5. The van der Waals surface area contributed by atoms with Gasteiger partial charge < -0.3 is 14.7 Å². The predicted octanol–water partition coefficient (Wildman–Crippen LogP) is 0.202. The van der Waals surface area contributed by atoms with Crippen LogP contribution in [0.25, 0.3) is 0 Å². The third-order valence-electron chi connectivity index (χ3n) is 3.25. The second kappa shape index (κ2) is 7.11. The minimum atomic E-state index is 0.0208. The lowest BCUT2D eigenvalue weighted by Gasteiger charge is -2.34. The Morgan fingerprint density at radius 3 is 2.47 bits per heavy atom. The Hall–Kier alpha value is -1.59. The summed E-state index contributed by atoms with van der Waals surface area (Å²) in [5, 5.41) is 8.86. The highest BCUT2D eigenvalue weighted by atomic mass is 16.5. The van der Waals surface area contributed by atoms with Gasteiger partial charge in [-0.25, -0.2) is 0 Å². The van der Waals surface area contributed by atoms with Crippen molar-refractivity contribution in [1.29, 1.82) is 0 Å². The minimum absolute atomic E-state index is 0.0208. The van der Waals surface area contributed by atoms with Crippen molar-refractivity contribution < 1.29 is 14.6 Å². The molecule has 5 nitrogen and oxygen atoms in total. The molecule has 104 valence electrons. The van der Waals surface area contributed by atoms with Crippen molar-refractivity contribution in [2.45, 2.75) is 0 Å². The van der Waals surface area contributed by atoms with Crippen LogP contribution in [-0.2, 0) is 4.79 Å². The van der Waals surface area contributed by atoms with Gasteiger partial charge in [0.05, 0.1) is 6.61 Å². The summed E-state index contributed by atoms with van der Waals surface area (Å²) in [7, 11) is 0. The van der Waals surface area contributed by atoms with Crippen LogP contribution in [0.1, 0.15) is 0 Å². The molecule has 5 heteroatoms. The van der Waals surface area contributed by atoms with Gasteiger partial charge in [-0.3, -0.25) is 9.69 Å². The third kappa shape index (κ3) is 4.22. The molecule has 1 aliphatic heterocycles. The number of aliphatic hydroxyl groups excluding tert-OH is 1. The van der Waals surface area contributed by atoms with E-state index in [2.05, 4.69) is 4.90 Å². The summed E-state index contributed by atoms with van der Waals surface area (Å²) in [4.78, 5) is 15.9. The number of hydrogen-bond donors (Lipinski definition) is 1. The van der Waals surface area contributed by atoms with Gasteiger partial charge in [-0.05, 0) is 12.1 Å². The Kier molecular flexibility index (Phi) is 5.18. The molecular formula is C14H20N2O3. The lowest BCUT2D eigenvalue weighted by Crippen LogP contribution is -2.50. The molecule has 0 spiro atoms. The van der Waals surface area contributed by atoms with Crippen LogP contribution in [0, 0.1) is 0 Å². The first-order valence-corrected chi connectivity index (χ1v) is 6.58. The fourth-order valence-electron chi connectivity index (χ4n) is 2.12. The maximum atomic E-state index is 12.0. The summed E-state index contributed by atoms with van der Waals surface area (Å²) in [5.74, 6) is 0.738. The van der Waals surface area contributed by atoms with Crippen molar-refractivity contribution in [2.75, 3.05) is 45.9 Å². The van der Waals surface area contributed by atoms with Crippen molar-refractivity contribution in [3.63, 3.8) is 0 Å². The summed E-state index contributed by atoms with van der Waals surface area (Å²) in [6.07, 6.45) is 0. The van der Waals surface area contributed by atoms with Gasteiger partial charge in [0, 0.05) is 32.7 Å². The van der Waals surface area contributed by atoms with Gasteiger partial charge in [-0.2, -0.15) is 0 Å². The average molecular weight is 264 g/mol. The molecule has 1 aromatic rings. The van der Waals surface area contributed by atoms with E-state index in [1.165, 1.54) is 0 Å². The van der Waals surface area contributed by atoms with E-state index in [1.807, 2.05) is 35.2 Å². The van der Waals surface area contributed by atoms with Crippen LogP contribution < -0.4 is 4.74 Å². The molecule has 19 heavy (non-hydrogen) atoms. The first-order valence-electron chi connectivity index (χ1n) is 6.58.